The Morgan fingerprint density at radius 2 is 2.12 bits per heavy atom. The predicted molar refractivity (Wildman–Crippen MR) is 53.2 cm³/mol. The highest BCUT2D eigenvalue weighted by Crippen LogP contribution is 2.08. The van der Waals surface area contributed by atoms with Gasteiger partial charge in [-0.1, -0.05) is 0 Å². The number of methoxy groups -OCH3 is 1. The summed E-state index contributed by atoms with van der Waals surface area (Å²) in [5.41, 5.74) is 0. The average molecular weight is 227 g/mol. The number of amides is 1. The monoisotopic (exact) mass is 227 g/mol. The van der Waals surface area contributed by atoms with E-state index in [0.717, 1.165) is 12.2 Å². The Bertz CT molecular complexity index is 323. The number of hydrogen-bond acceptors (Lipinski definition) is 5. The number of carbonyl (C=O) groups is 3. The van der Waals surface area contributed by atoms with Crippen LogP contribution in [0.1, 0.15) is 6.42 Å². The van der Waals surface area contributed by atoms with Crippen LogP contribution in [0.2, 0.25) is 0 Å². The van der Waals surface area contributed by atoms with E-state index in [2.05, 4.69) is 10.1 Å². The molecule has 0 aromatic rings. The van der Waals surface area contributed by atoms with Crippen molar-refractivity contribution < 1.29 is 23.9 Å². The van der Waals surface area contributed by atoms with Crippen molar-refractivity contribution in [1.82, 2.24) is 5.32 Å². The molecule has 0 aromatic heterocycles. The van der Waals surface area contributed by atoms with E-state index in [1.807, 2.05) is 0 Å². The molecule has 1 aliphatic heterocycles. The molecular formula is C10H13NO5. The van der Waals surface area contributed by atoms with Crippen LogP contribution in [0.25, 0.3) is 0 Å². The Balaban J connectivity index is 2.22. The number of esters is 2. The van der Waals surface area contributed by atoms with E-state index >= 15 is 0 Å². The number of ether oxygens (including phenoxy) is 2. The molecule has 0 saturated carbocycles. The number of carbonyl (C=O) groups excluding carboxylic acids is 3. The summed E-state index contributed by atoms with van der Waals surface area (Å²) in [4.78, 5) is 32.6. The molecule has 0 radical (unpaired) electrons. The van der Waals surface area contributed by atoms with Crippen molar-refractivity contribution in [2.45, 2.75) is 6.42 Å². The van der Waals surface area contributed by atoms with Crippen LogP contribution >= 0.6 is 0 Å². The lowest BCUT2D eigenvalue weighted by molar-refractivity contribution is -0.140. The van der Waals surface area contributed by atoms with Crippen molar-refractivity contribution in [2.75, 3.05) is 20.3 Å². The standard InChI is InChI=1S/C10H13NO5/c1-15-9(13)2-3-10(14)16-6-7-4-8(12)11-5-7/h2-3,7H,4-6H2,1H3,(H,11,12)/b3-2+/t7-/m1/s1. The zero-order valence-corrected chi connectivity index (χ0v) is 8.89. The van der Waals surface area contributed by atoms with Crippen LogP contribution in [0.15, 0.2) is 12.2 Å². The van der Waals surface area contributed by atoms with Gasteiger partial charge < -0.3 is 14.8 Å². The molecule has 1 N–H and O–H groups in total. The van der Waals surface area contributed by atoms with E-state index in [0.29, 0.717) is 13.0 Å². The van der Waals surface area contributed by atoms with Gasteiger partial charge in [0.25, 0.3) is 0 Å². The van der Waals surface area contributed by atoms with Gasteiger partial charge >= 0.3 is 11.9 Å². The molecule has 1 amide bonds. The Kier molecular flexibility index (Phi) is 4.50. The summed E-state index contributed by atoms with van der Waals surface area (Å²) < 4.78 is 9.15. The van der Waals surface area contributed by atoms with Crippen LogP contribution < -0.4 is 5.32 Å². The third-order valence-electron chi connectivity index (χ3n) is 2.08. The molecule has 0 aromatic carbocycles. The van der Waals surface area contributed by atoms with E-state index in [-0.39, 0.29) is 18.4 Å². The topological polar surface area (TPSA) is 81.7 Å². The van der Waals surface area contributed by atoms with Crippen LogP contribution in [0.5, 0.6) is 0 Å². The van der Waals surface area contributed by atoms with Crippen molar-refractivity contribution in [3.8, 4) is 0 Å². The van der Waals surface area contributed by atoms with E-state index < -0.39 is 11.9 Å². The second-order valence-corrected chi connectivity index (χ2v) is 3.36. The quantitative estimate of drug-likeness (QED) is 0.512. The SMILES string of the molecule is COC(=O)/C=C/C(=O)OC[C@H]1CNC(=O)C1. The van der Waals surface area contributed by atoms with Gasteiger partial charge in [0, 0.05) is 31.0 Å². The molecule has 1 rings (SSSR count). The molecule has 0 aliphatic carbocycles. The average Bonchev–Trinajstić information content (AvgIpc) is 2.69. The Labute approximate surface area is 92.6 Å². The fourth-order valence-corrected chi connectivity index (χ4v) is 1.23. The van der Waals surface area contributed by atoms with Gasteiger partial charge in [0.2, 0.25) is 5.91 Å². The maximum Gasteiger partial charge on any atom is 0.331 e. The molecule has 6 heteroatoms. The van der Waals surface area contributed by atoms with Crippen LogP contribution in [0.4, 0.5) is 0 Å². The minimum absolute atomic E-state index is 0.0166. The van der Waals surface area contributed by atoms with Crippen LogP contribution in [-0.4, -0.2) is 38.1 Å². The summed E-state index contributed by atoms with van der Waals surface area (Å²) in [6, 6.07) is 0. The van der Waals surface area contributed by atoms with E-state index in [1.54, 1.807) is 0 Å². The smallest absolute Gasteiger partial charge is 0.331 e. The van der Waals surface area contributed by atoms with Gasteiger partial charge in [-0.25, -0.2) is 9.59 Å². The number of rotatable bonds is 4. The molecule has 6 nitrogen and oxygen atoms in total. The van der Waals surface area contributed by atoms with Gasteiger partial charge in [-0.05, 0) is 0 Å². The molecule has 0 unspecified atom stereocenters. The lowest BCUT2D eigenvalue weighted by Crippen LogP contribution is -2.17. The first-order chi connectivity index (χ1) is 7.61. The summed E-state index contributed by atoms with van der Waals surface area (Å²) in [7, 11) is 1.22. The van der Waals surface area contributed by atoms with Crippen molar-refractivity contribution in [2.24, 2.45) is 5.92 Å². The first kappa shape index (κ1) is 12.2. The maximum absolute atomic E-state index is 11.1. The van der Waals surface area contributed by atoms with Gasteiger partial charge in [0.1, 0.15) is 0 Å². The fourth-order valence-electron chi connectivity index (χ4n) is 1.23. The van der Waals surface area contributed by atoms with Crippen LogP contribution in [0, 0.1) is 5.92 Å². The molecule has 16 heavy (non-hydrogen) atoms. The molecule has 0 bridgehead atoms. The largest absolute Gasteiger partial charge is 0.466 e. The third kappa shape index (κ3) is 4.12. The summed E-state index contributed by atoms with van der Waals surface area (Å²) in [5.74, 6) is -1.26. The van der Waals surface area contributed by atoms with Gasteiger partial charge in [0.15, 0.2) is 0 Å². The molecule has 88 valence electrons. The van der Waals surface area contributed by atoms with Crippen molar-refractivity contribution in [3.63, 3.8) is 0 Å². The lowest BCUT2D eigenvalue weighted by Gasteiger charge is -2.06. The second kappa shape index (κ2) is 5.89. The molecule has 1 atom stereocenters. The zero-order valence-electron chi connectivity index (χ0n) is 8.89. The highest BCUT2D eigenvalue weighted by Gasteiger charge is 2.22. The Hall–Kier alpha value is -1.85. The van der Waals surface area contributed by atoms with Crippen LogP contribution in [-0.2, 0) is 23.9 Å². The second-order valence-electron chi connectivity index (χ2n) is 3.36. The minimum atomic E-state index is -0.621. The predicted octanol–water partition coefficient (Wildman–Crippen LogP) is -0.605. The van der Waals surface area contributed by atoms with Gasteiger partial charge in [-0.15, -0.1) is 0 Å². The summed E-state index contributed by atoms with van der Waals surface area (Å²) in [6.45, 7) is 0.690. The lowest BCUT2D eigenvalue weighted by atomic mass is 10.1. The van der Waals surface area contributed by atoms with E-state index in [4.69, 9.17) is 4.74 Å². The highest BCUT2D eigenvalue weighted by atomic mass is 16.5. The highest BCUT2D eigenvalue weighted by molar-refractivity contribution is 5.91. The molecule has 1 saturated heterocycles. The summed E-state index contributed by atoms with van der Waals surface area (Å²) in [6.07, 6.45) is 2.35. The summed E-state index contributed by atoms with van der Waals surface area (Å²) in [5, 5.41) is 2.63. The summed E-state index contributed by atoms with van der Waals surface area (Å²) >= 11 is 0. The molecule has 0 spiro atoms. The molecule has 1 fully saturated rings. The maximum atomic E-state index is 11.1. The Morgan fingerprint density at radius 1 is 1.44 bits per heavy atom. The van der Waals surface area contributed by atoms with Crippen molar-refractivity contribution in [3.05, 3.63) is 12.2 Å². The van der Waals surface area contributed by atoms with Crippen LogP contribution in [0.3, 0.4) is 0 Å². The third-order valence-corrected chi connectivity index (χ3v) is 2.08. The van der Waals surface area contributed by atoms with E-state index in [1.165, 1.54) is 7.11 Å². The number of hydrogen-bond donors (Lipinski definition) is 1. The van der Waals surface area contributed by atoms with Crippen molar-refractivity contribution >= 4 is 17.8 Å². The fraction of sp³-hybridized carbons (Fsp3) is 0.500. The molecule has 1 aliphatic rings. The van der Waals surface area contributed by atoms with Gasteiger partial charge in [-0.3, -0.25) is 4.79 Å². The van der Waals surface area contributed by atoms with Crippen molar-refractivity contribution in [1.29, 1.82) is 0 Å². The minimum Gasteiger partial charge on any atom is -0.466 e. The number of nitrogens with one attached hydrogen (secondary N) is 1. The first-order valence-corrected chi connectivity index (χ1v) is 4.81. The zero-order chi connectivity index (χ0) is 12.0. The molecular weight excluding hydrogens is 214 g/mol. The van der Waals surface area contributed by atoms with Gasteiger partial charge in [-0.2, -0.15) is 0 Å². The normalized spacial score (nSPS) is 19.6. The first-order valence-electron chi connectivity index (χ1n) is 4.81. The Morgan fingerprint density at radius 3 is 2.69 bits per heavy atom. The molecule has 1 heterocycles. The van der Waals surface area contributed by atoms with E-state index in [9.17, 15) is 14.4 Å². The van der Waals surface area contributed by atoms with Gasteiger partial charge in [0.05, 0.1) is 13.7 Å².